The summed E-state index contributed by atoms with van der Waals surface area (Å²) in [5.41, 5.74) is 10.6. The van der Waals surface area contributed by atoms with Crippen LogP contribution in [0.15, 0.2) is 0 Å². The molecule has 5 nitrogen and oxygen atoms in total. The summed E-state index contributed by atoms with van der Waals surface area (Å²) < 4.78 is 0. The highest BCUT2D eigenvalue weighted by Gasteiger charge is 2.00. The van der Waals surface area contributed by atoms with E-state index in [9.17, 15) is 0 Å². The van der Waals surface area contributed by atoms with E-state index in [1.165, 1.54) is 0 Å². The molecule has 68 valence electrons. The van der Waals surface area contributed by atoms with Gasteiger partial charge in [-0.25, -0.2) is 5.48 Å². The van der Waals surface area contributed by atoms with Crippen LogP contribution in [0.3, 0.4) is 0 Å². The Morgan fingerprint density at radius 3 is 2.45 bits per heavy atom. The van der Waals surface area contributed by atoms with Gasteiger partial charge in [-0.3, -0.25) is 9.68 Å². The molecule has 0 bridgehead atoms. The predicted octanol–water partition coefficient (Wildman–Crippen LogP) is -0.301. The lowest BCUT2D eigenvalue weighted by molar-refractivity contribution is -0.134. The van der Waals surface area contributed by atoms with Crippen LogP contribution >= 0.6 is 0 Å². The summed E-state index contributed by atoms with van der Waals surface area (Å²) in [6.07, 6.45) is -0.538. The van der Waals surface area contributed by atoms with Crippen molar-refractivity contribution in [1.29, 1.82) is 0 Å². The van der Waals surface area contributed by atoms with Crippen molar-refractivity contribution in [2.75, 3.05) is 6.54 Å². The summed E-state index contributed by atoms with van der Waals surface area (Å²) in [6, 6.07) is 0. The summed E-state index contributed by atoms with van der Waals surface area (Å²) >= 11 is 0. The number of hydrogen-bond acceptors (Lipinski definition) is 5. The van der Waals surface area contributed by atoms with Crippen molar-refractivity contribution in [3.05, 3.63) is 0 Å². The van der Waals surface area contributed by atoms with Crippen molar-refractivity contribution in [1.82, 2.24) is 11.0 Å². The number of hydroxylamine groups is 2. The summed E-state index contributed by atoms with van der Waals surface area (Å²) in [7, 11) is 0. The molecular weight excluding hydrogens is 146 g/mol. The largest absolute Gasteiger partial charge is 0.305 e. The zero-order valence-corrected chi connectivity index (χ0v) is 7.26. The third-order valence-electron chi connectivity index (χ3n) is 0.824. The smallest absolute Gasteiger partial charge is 0.148 e. The summed E-state index contributed by atoms with van der Waals surface area (Å²) in [4.78, 5) is 9.86. The van der Waals surface area contributed by atoms with E-state index >= 15 is 0 Å². The molecule has 0 radical (unpaired) electrons. The second kappa shape index (κ2) is 6.51. The Balaban J connectivity index is 3.15. The third-order valence-corrected chi connectivity index (χ3v) is 0.824. The molecule has 0 saturated carbocycles. The molecule has 0 heterocycles. The molecule has 2 unspecified atom stereocenters. The number of nitrogens with two attached hydrogens (primary N) is 1. The van der Waals surface area contributed by atoms with Crippen LogP contribution in [-0.4, -0.2) is 19.0 Å². The van der Waals surface area contributed by atoms with Gasteiger partial charge in [-0.2, -0.15) is 5.48 Å². The maximum Gasteiger partial charge on any atom is 0.148 e. The van der Waals surface area contributed by atoms with E-state index in [0.29, 0.717) is 0 Å². The van der Waals surface area contributed by atoms with Gasteiger partial charge in [0.1, 0.15) is 12.5 Å². The van der Waals surface area contributed by atoms with Crippen molar-refractivity contribution in [2.45, 2.75) is 33.2 Å². The molecule has 0 aliphatic rings. The molecule has 0 fully saturated rings. The molecule has 0 aromatic heterocycles. The molecule has 0 aliphatic heterocycles. The lowest BCUT2D eigenvalue weighted by atomic mass is 10.7. The van der Waals surface area contributed by atoms with Gasteiger partial charge in [-0.05, 0) is 13.8 Å². The van der Waals surface area contributed by atoms with Gasteiger partial charge in [-0.1, -0.05) is 6.92 Å². The summed E-state index contributed by atoms with van der Waals surface area (Å²) in [5.74, 6) is 0. The summed E-state index contributed by atoms with van der Waals surface area (Å²) in [6.45, 7) is 6.24. The molecule has 0 spiro atoms. The Labute approximate surface area is 67.1 Å². The fraction of sp³-hybridized carbons (Fsp3) is 1.00. The molecule has 2 atom stereocenters. The molecule has 11 heavy (non-hydrogen) atoms. The van der Waals surface area contributed by atoms with E-state index in [1.807, 2.05) is 13.8 Å². The lowest BCUT2D eigenvalue weighted by Crippen LogP contribution is -2.38. The first kappa shape index (κ1) is 10.8. The number of hydrogen-bond donors (Lipinski definition) is 3. The first-order valence-electron chi connectivity index (χ1n) is 3.72. The van der Waals surface area contributed by atoms with E-state index in [-0.39, 0.29) is 12.5 Å². The zero-order chi connectivity index (χ0) is 8.69. The number of nitrogens with one attached hydrogen (secondary N) is 2. The Kier molecular flexibility index (Phi) is 6.39. The monoisotopic (exact) mass is 163 g/mol. The van der Waals surface area contributed by atoms with Gasteiger partial charge >= 0.3 is 0 Å². The molecular formula is C6H17N3O2. The second-order valence-corrected chi connectivity index (χ2v) is 2.20. The highest BCUT2D eigenvalue weighted by atomic mass is 16.7. The van der Waals surface area contributed by atoms with Gasteiger partial charge < -0.3 is 5.73 Å². The van der Waals surface area contributed by atoms with E-state index < -0.39 is 0 Å². The van der Waals surface area contributed by atoms with Gasteiger partial charge in [0, 0.05) is 6.54 Å². The average Bonchev–Trinajstić information content (AvgIpc) is 1.97. The first-order valence-corrected chi connectivity index (χ1v) is 3.72. The molecule has 0 aliphatic carbocycles. The minimum Gasteiger partial charge on any atom is -0.305 e. The second-order valence-electron chi connectivity index (χ2n) is 2.20. The standard InChI is InChI=1S/C6H17N3O2/c1-4-8-11-6(3)9-10-5(2)7/h5-6,8-9H,4,7H2,1-3H3. The Bertz CT molecular complexity index is 89.9. The van der Waals surface area contributed by atoms with Gasteiger partial charge in [0.15, 0.2) is 0 Å². The van der Waals surface area contributed by atoms with Crippen LogP contribution < -0.4 is 16.7 Å². The molecule has 0 saturated heterocycles. The fourth-order valence-electron chi connectivity index (χ4n) is 0.436. The van der Waals surface area contributed by atoms with Crippen molar-refractivity contribution >= 4 is 0 Å². The van der Waals surface area contributed by atoms with Gasteiger partial charge in [0.2, 0.25) is 0 Å². The zero-order valence-electron chi connectivity index (χ0n) is 7.26. The van der Waals surface area contributed by atoms with Crippen molar-refractivity contribution in [3.8, 4) is 0 Å². The molecule has 0 aromatic rings. The third kappa shape index (κ3) is 7.70. The molecule has 5 heteroatoms. The van der Waals surface area contributed by atoms with Crippen LogP contribution in [0.4, 0.5) is 0 Å². The SMILES string of the molecule is CCNOC(C)NOC(C)N. The molecule has 0 rings (SSSR count). The molecule has 4 N–H and O–H groups in total. The van der Waals surface area contributed by atoms with Crippen molar-refractivity contribution < 1.29 is 9.68 Å². The highest BCUT2D eigenvalue weighted by Crippen LogP contribution is 1.82. The Morgan fingerprint density at radius 1 is 1.36 bits per heavy atom. The highest BCUT2D eigenvalue weighted by molar-refractivity contribution is 4.35. The van der Waals surface area contributed by atoms with Crippen LogP contribution in [0.2, 0.25) is 0 Å². The van der Waals surface area contributed by atoms with Crippen molar-refractivity contribution in [3.63, 3.8) is 0 Å². The van der Waals surface area contributed by atoms with E-state index in [0.717, 1.165) is 6.54 Å². The minimum absolute atomic E-state index is 0.207. The van der Waals surface area contributed by atoms with E-state index in [2.05, 4.69) is 11.0 Å². The average molecular weight is 163 g/mol. The van der Waals surface area contributed by atoms with Crippen LogP contribution in [0.25, 0.3) is 0 Å². The predicted molar refractivity (Wildman–Crippen MR) is 42.1 cm³/mol. The fourth-order valence-corrected chi connectivity index (χ4v) is 0.436. The number of rotatable bonds is 6. The first-order chi connectivity index (χ1) is 5.16. The van der Waals surface area contributed by atoms with Crippen LogP contribution in [0.1, 0.15) is 20.8 Å². The summed E-state index contributed by atoms with van der Waals surface area (Å²) in [5, 5.41) is 0. The van der Waals surface area contributed by atoms with Crippen molar-refractivity contribution in [2.24, 2.45) is 5.73 Å². The van der Waals surface area contributed by atoms with Crippen LogP contribution in [0, 0.1) is 0 Å². The molecule has 0 amide bonds. The topological polar surface area (TPSA) is 68.5 Å². The van der Waals surface area contributed by atoms with E-state index in [4.69, 9.17) is 15.4 Å². The van der Waals surface area contributed by atoms with Gasteiger partial charge in [-0.15, -0.1) is 0 Å². The van der Waals surface area contributed by atoms with Gasteiger partial charge in [0.05, 0.1) is 0 Å². The minimum atomic E-state index is -0.331. The maximum absolute atomic E-state index is 5.31. The molecule has 0 aromatic carbocycles. The van der Waals surface area contributed by atoms with Crippen LogP contribution in [0.5, 0.6) is 0 Å². The Hall–Kier alpha value is -0.200. The maximum atomic E-state index is 5.31. The normalized spacial score (nSPS) is 16.4. The van der Waals surface area contributed by atoms with Crippen LogP contribution in [-0.2, 0) is 9.68 Å². The van der Waals surface area contributed by atoms with Gasteiger partial charge in [0.25, 0.3) is 0 Å². The Morgan fingerprint density at radius 2 is 2.00 bits per heavy atom. The van der Waals surface area contributed by atoms with E-state index in [1.54, 1.807) is 6.92 Å². The quantitative estimate of drug-likeness (QED) is 0.370. The lowest BCUT2D eigenvalue weighted by Gasteiger charge is -2.15.